The first-order chi connectivity index (χ1) is 12.4. The zero-order valence-corrected chi connectivity index (χ0v) is 16.7. The average molecular weight is 436 g/mol. The molecule has 0 fully saturated rings. The first kappa shape index (κ1) is 19.9. The van der Waals surface area contributed by atoms with Gasteiger partial charge in [0, 0.05) is 18.3 Å². The highest BCUT2D eigenvalue weighted by atomic mass is 79.9. The van der Waals surface area contributed by atoms with E-state index in [2.05, 4.69) is 31.9 Å². The molecule has 0 aliphatic carbocycles. The molecule has 0 saturated heterocycles. The van der Waals surface area contributed by atoms with E-state index in [9.17, 15) is 9.59 Å². The first-order valence-electron chi connectivity index (χ1n) is 7.68. The molecule has 3 N–H and O–H groups in total. The van der Waals surface area contributed by atoms with Crippen molar-refractivity contribution in [2.45, 2.75) is 6.42 Å². The van der Waals surface area contributed by atoms with Crippen LogP contribution in [0.4, 0.5) is 5.69 Å². The van der Waals surface area contributed by atoms with Gasteiger partial charge in [0.15, 0.2) is 5.11 Å². The number of ether oxygens (including phenoxy) is 1. The van der Waals surface area contributed by atoms with Gasteiger partial charge in [-0.1, -0.05) is 12.1 Å². The third kappa shape index (κ3) is 5.53. The lowest BCUT2D eigenvalue weighted by Gasteiger charge is -2.11. The number of methoxy groups -OCH3 is 1. The van der Waals surface area contributed by atoms with Crippen LogP contribution >= 0.6 is 28.1 Å². The molecule has 0 bridgehead atoms. The number of likely N-dealkylation sites (N-methyl/N-ethyl adjacent to an activating group) is 1. The number of halogens is 1. The Labute approximate surface area is 165 Å². The minimum atomic E-state index is -0.331. The standard InChI is InChI=1S/C18H18BrN3O3S/c1-20-16(23)9-11-3-6-13(7-4-11)21-18(26)22-17(24)12-5-8-15(25-2)14(19)10-12/h3-8,10H,9H2,1-2H3,(H,20,23)(H2,21,22,24,26). The molecular weight excluding hydrogens is 418 g/mol. The highest BCUT2D eigenvalue weighted by molar-refractivity contribution is 9.10. The number of rotatable bonds is 5. The third-order valence-corrected chi connectivity index (χ3v) is 4.32. The third-order valence-electron chi connectivity index (χ3n) is 3.50. The fraction of sp³-hybridized carbons (Fsp3) is 0.167. The van der Waals surface area contributed by atoms with Crippen molar-refractivity contribution in [1.82, 2.24) is 10.6 Å². The minimum absolute atomic E-state index is 0.0563. The van der Waals surface area contributed by atoms with E-state index in [0.717, 1.165) is 5.56 Å². The average Bonchev–Trinajstić information content (AvgIpc) is 2.63. The maximum Gasteiger partial charge on any atom is 0.257 e. The lowest BCUT2D eigenvalue weighted by Crippen LogP contribution is -2.34. The summed E-state index contributed by atoms with van der Waals surface area (Å²) in [5, 5.41) is 8.31. The summed E-state index contributed by atoms with van der Waals surface area (Å²) in [4.78, 5) is 23.6. The molecule has 0 radical (unpaired) electrons. The molecule has 0 aliphatic heterocycles. The summed E-state index contributed by atoms with van der Waals surface area (Å²) in [7, 11) is 3.15. The molecule has 136 valence electrons. The van der Waals surface area contributed by atoms with Gasteiger partial charge in [0.05, 0.1) is 18.0 Å². The van der Waals surface area contributed by atoms with Crippen LogP contribution < -0.4 is 20.7 Å². The van der Waals surface area contributed by atoms with Gasteiger partial charge in [0.1, 0.15) is 5.75 Å². The normalized spacial score (nSPS) is 9.96. The Morgan fingerprint density at radius 2 is 1.85 bits per heavy atom. The van der Waals surface area contributed by atoms with Crippen molar-refractivity contribution in [2.75, 3.05) is 19.5 Å². The zero-order chi connectivity index (χ0) is 19.1. The molecule has 2 amide bonds. The first-order valence-corrected chi connectivity index (χ1v) is 8.88. The van der Waals surface area contributed by atoms with Crippen LogP contribution in [-0.4, -0.2) is 31.1 Å². The Morgan fingerprint density at radius 3 is 2.42 bits per heavy atom. The lowest BCUT2D eigenvalue weighted by molar-refractivity contribution is -0.119. The number of amides is 2. The van der Waals surface area contributed by atoms with Crippen molar-refractivity contribution in [3.63, 3.8) is 0 Å². The maximum absolute atomic E-state index is 12.3. The predicted octanol–water partition coefficient (Wildman–Crippen LogP) is 2.87. The van der Waals surface area contributed by atoms with Crippen LogP contribution in [0.1, 0.15) is 15.9 Å². The molecule has 0 atom stereocenters. The second kappa shape index (κ2) is 9.30. The number of carbonyl (C=O) groups excluding carboxylic acids is 2. The molecule has 0 aliphatic rings. The number of benzene rings is 2. The minimum Gasteiger partial charge on any atom is -0.496 e. The van der Waals surface area contributed by atoms with Gasteiger partial charge in [-0.2, -0.15) is 0 Å². The van der Waals surface area contributed by atoms with Gasteiger partial charge in [-0.25, -0.2) is 0 Å². The van der Waals surface area contributed by atoms with Crippen molar-refractivity contribution in [3.8, 4) is 5.75 Å². The summed E-state index contributed by atoms with van der Waals surface area (Å²) in [6.45, 7) is 0. The number of nitrogens with one attached hydrogen (secondary N) is 3. The Morgan fingerprint density at radius 1 is 1.15 bits per heavy atom. The van der Waals surface area contributed by atoms with Crippen LogP contribution in [-0.2, 0) is 11.2 Å². The second-order valence-electron chi connectivity index (χ2n) is 5.30. The highest BCUT2D eigenvalue weighted by Crippen LogP contribution is 2.25. The van der Waals surface area contributed by atoms with E-state index in [4.69, 9.17) is 17.0 Å². The van der Waals surface area contributed by atoms with Crippen LogP contribution in [0, 0.1) is 0 Å². The molecule has 6 nitrogen and oxygen atoms in total. The lowest BCUT2D eigenvalue weighted by atomic mass is 10.1. The number of hydrogen-bond donors (Lipinski definition) is 3. The van der Waals surface area contributed by atoms with Crippen LogP contribution in [0.3, 0.4) is 0 Å². The van der Waals surface area contributed by atoms with E-state index in [1.807, 2.05) is 12.1 Å². The fourth-order valence-electron chi connectivity index (χ4n) is 2.12. The summed E-state index contributed by atoms with van der Waals surface area (Å²) in [5.74, 6) is 0.250. The van der Waals surface area contributed by atoms with E-state index >= 15 is 0 Å². The Hall–Kier alpha value is -2.45. The van der Waals surface area contributed by atoms with Crippen molar-refractivity contribution >= 4 is 50.8 Å². The van der Waals surface area contributed by atoms with Gasteiger partial charge in [-0.15, -0.1) is 0 Å². The smallest absolute Gasteiger partial charge is 0.257 e. The van der Waals surface area contributed by atoms with Crippen molar-refractivity contribution in [3.05, 3.63) is 58.1 Å². The number of hydrogen-bond acceptors (Lipinski definition) is 4. The predicted molar refractivity (Wildman–Crippen MR) is 109 cm³/mol. The van der Waals surface area contributed by atoms with E-state index in [0.29, 0.717) is 27.9 Å². The Kier molecular flexibility index (Phi) is 7.11. The van der Waals surface area contributed by atoms with Gasteiger partial charge >= 0.3 is 0 Å². The Bertz CT molecular complexity index is 825. The van der Waals surface area contributed by atoms with Crippen LogP contribution in [0.5, 0.6) is 5.75 Å². The maximum atomic E-state index is 12.3. The molecule has 26 heavy (non-hydrogen) atoms. The second-order valence-corrected chi connectivity index (χ2v) is 6.57. The van der Waals surface area contributed by atoms with Crippen LogP contribution in [0.25, 0.3) is 0 Å². The van der Waals surface area contributed by atoms with Crippen molar-refractivity contribution < 1.29 is 14.3 Å². The Balaban J connectivity index is 1.94. The quantitative estimate of drug-likeness (QED) is 0.629. The summed E-state index contributed by atoms with van der Waals surface area (Å²) in [6, 6.07) is 12.2. The van der Waals surface area contributed by atoms with E-state index < -0.39 is 0 Å². The van der Waals surface area contributed by atoms with E-state index in [1.165, 1.54) is 0 Å². The molecule has 0 saturated carbocycles. The molecule has 2 rings (SSSR count). The summed E-state index contributed by atoms with van der Waals surface area (Å²) in [6.07, 6.45) is 0.310. The van der Waals surface area contributed by atoms with E-state index in [1.54, 1.807) is 44.5 Å². The van der Waals surface area contributed by atoms with Gasteiger partial charge in [0.25, 0.3) is 5.91 Å². The molecule has 0 heterocycles. The molecule has 2 aromatic rings. The molecule has 8 heteroatoms. The van der Waals surface area contributed by atoms with Crippen LogP contribution in [0.15, 0.2) is 46.9 Å². The molecule has 0 spiro atoms. The molecule has 0 unspecified atom stereocenters. The van der Waals surface area contributed by atoms with Gasteiger partial charge in [-0.3, -0.25) is 14.9 Å². The number of thiocarbonyl (C=S) groups is 1. The highest BCUT2D eigenvalue weighted by Gasteiger charge is 2.11. The fourth-order valence-corrected chi connectivity index (χ4v) is 2.88. The molecule has 2 aromatic carbocycles. The van der Waals surface area contributed by atoms with Crippen molar-refractivity contribution in [2.24, 2.45) is 0 Å². The largest absolute Gasteiger partial charge is 0.496 e. The summed E-state index contributed by atoms with van der Waals surface area (Å²) in [5.41, 5.74) is 2.04. The molecular formula is C18H18BrN3O3S. The number of carbonyl (C=O) groups is 2. The van der Waals surface area contributed by atoms with Gasteiger partial charge in [-0.05, 0) is 64.0 Å². The number of anilines is 1. The SMILES string of the molecule is CNC(=O)Cc1ccc(NC(=S)NC(=O)c2ccc(OC)c(Br)c2)cc1. The van der Waals surface area contributed by atoms with Crippen molar-refractivity contribution in [1.29, 1.82) is 0 Å². The topological polar surface area (TPSA) is 79.5 Å². The van der Waals surface area contributed by atoms with Gasteiger partial charge in [0.2, 0.25) is 5.91 Å². The van der Waals surface area contributed by atoms with E-state index in [-0.39, 0.29) is 16.9 Å². The summed E-state index contributed by atoms with van der Waals surface area (Å²) >= 11 is 8.51. The monoisotopic (exact) mass is 435 g/mol. The summed E-state index contributed by atoms with van der Waals surface area (Å²) < 4.78 is 5.82. The zero-order valence-electron chi connectivity index (χ0n) is 14.3. The van der Waals surface area contributed by atoms with Crippen LogP contribution in [0.2, 0.25) is 0 Å². The van der Waals surface area contributed by atoms with Gasteiger partial charge < -0.3 is 15.4 Å². The molecule has 0 aromatic heterocycles.